The number of benzene rings is 2. The average molecular weight is 411 g/mol. The zero-order valence-corrected chi connectivity index (χ0v) is 19.1. The fourth-order valence-electron chi connectivity index (χ4n) is 3.70. The maximum atomic E-state index is 5.32. The molecule has 150 valence electrons. The van der Waals surface area contributed by atoms with E-state index in [-0.39, 0.29) is 0 Å². The van der Waals surface area contributed by atoms with E-state index >= 15 is 0 Å². The Kier molecular flexibility index (Phi) is 10.6. The minimum atomic E-state index is 1.12. The van der Waals surface area contributed by atoms with Crippen LogP contribution in [0.5, 0.6) is 0 Å². The Hall–Kier alpha value is -1.38. The minimum Gasteiger partial charge on any atom is -0.0881 e. The molecule has 0 atom stereocenters. The molecule has 0 aliphatic carbocycles. The molecule has 0 nitrogen and oxygen atoms in total. The zero-order valence-electron chi connectivity index (χ0n) is 17.5. The molecule has 0 bridgehead atoms. The summed E-state index contributed by atoms with van der Waals surface area (Å²) in [6, 6.07) is 13.5. The van der Waals surface area contributed by atoms with Crippen LogP contribution in [0.3, 0.4) is 0 Å². The summed E-state index contributed by atoms with van der Waals surface area (Å²) in [6.45, 7) is 4.52. The van der Waals surface area contributed by atoms with Crippen LogP contribution in [-0.4, -0.2) is 10.7 Å². The van der Waals surface area contributed by atoms with Crippen molar-refractivity contribution in [1.29, 1.82) is 0 Å². The van der Waals surface area contributed by atoms with Gasteiger partial charge in [0.05, 0.1) is 0 Å². The SMILES string of the molecule is CCCCCCc1ccc(C=S)c(-c2cc(CCCCCC)ccc2C=S)c1. The molecule has 2 aromatic rings. The smallest absolute Gasteiger partial charge is 0.00923 e. The van der Waals surface area contributed by atoms with Gasteiger partial charge in [-0.1, -0.05) is 113 Å². The van der Waals surface area contributed by atoms with E-state index in [0.717, 1.165) is 24.0 Å². The molecule has 2 rings (SSSR count). The molecular weight excluding hydrogens is 376 g/mol. The van der Waals surface area contributed by atoms with Crippen LogP contribution in [0, 0.1) is 0 Å². The second-order valence-corrected chi connectivity index (χ2v) is 8.17. The molecule has 0 heterocycles. The summed E-state index contributed by atoms with van der Waals surface area (Å²) in [7, 11) is 0. The molecule has 0 radical (unpaired) electrons. The summed E-state index contributed by atoms with van der Waals surface area (Å²) in [5, 5.41) is 3.61. The molecule has 0 aromatic heterocycles. The van der Waals surface area contributed by atoms with Crippen LogP contribution in [0.4, 0.5) is 0 Å². The van der Waals surface area contributed by atoms with Crippen LogP contribution in [0.2, 0.25) is 0 Å². The summed E-state index contributed by atoms with van der Waals surface area (Å²) in [4.78, 5) is 0. The lowest BCUT2D eigenvalue weighted by Gasteiger charge is -2.14. The van der Waals surface area contributed by atoms with Gasteiger partial charge in [-0.15, -0.1) is 0 Å². The molecule has 0 aliphatic heterocycles. The van der Waals surface area contributed by atoms with E-state index in [0.29, 0.717) is 0 Å². The van der Waals surface area contributed by atoms with Gasteiger partial charge in [-0.05, 0) is 59.1 Å². The summed E-state index contributed by atoms with van der Waals surface area (Å²) in [6.07, 6.45) is 12.6. The Morgan fingerprint density at radius 1 is 0.607 bits per heavy atom. The third kappa shape index (κ3) is 6.90. The fraction of sp³-hybridized carbons (Fsp3) is 0.462. The van der Waals surface area contributed by atoms with E-state index < -0.39 is 0 Å². The van der Waals surface area contributed by atoms with Crippen molar-refractivity contribution in [2.45, 2.75) is 78.1 Å². The Morgan fingerprint density at radius 2 is 1.04 bits per heavy atom. The molecule has 0 saturated carbocycles. The Bertz CT molecular complexity index is 696. The van der Waals surface area contributed by atoms with Gasteiger partial charge >= 0.3 is 0 Å². The molecule has 0 spiro atoms. The first-order valence-electron chi connectivity index (χ1n) is 10.9. The second-order valence-electron chi connectivity index (χ2n) is 7.70. The topological polar surface area (TPSA) is 0 Å². The molecule has 0 saturated heterocycles. The number of hydrogen-bond acceptors (Lipinski definition) is 2. The van der Waals surface area contributed by atoms with Crippen molar-refractivity contribution in [2.75, 3.05) is 0 Å². The first kappa shape index (κ1) is 22.9. The number of unbranched alkanes of at least 4 members (excludes halogenated alkanes) is 6. The van der Waals surface area contributed by atoms with Crippen LogP contribution < -0.4 is 0 Å². The Labute approximate surface area is 182 Å². The maximum absolute atomic E-state index is 5.32. The fourth-order valence-corrected chi connectivity index (χ4v) is 4.11. The van der Waals surface area contributed by atoms with Crippen molar-refractivity contribution >= 4 is 35.2 Å². The zero-order chi connectivity index (χ0) is 20.2. The molecule has 2 heteroatoms. The van der Waals surface area contributed by atoms with Crippen molar-refractivity contribution in [2.24, 2.45) is 0 Å². The molecule has 0 aliphatic rings. The monoisotopic (exact) mass is 410 g/mol. The highest BCUT2D eigenvalue weighted by Gasteiger charge is 2.10. The second kappa shape index (κ2) is 13.0. The predicted molar refractivity (Wildman–Crippen MR) is 133 cm³/mol. The summed E-state index contributed by atoms with van der Waals surface area (Å²) < 4.78 is 0. The van der Waals surface area contributed by atoms with E-state index in [9.17, 15) is 0 Å². The van der Waals surface area contributed by atoms with Crippen molar-refractivity contribution in [3.8, 4) is 11.1 Å². The normalized spacial score (nSPS) is 10.8. The van der Waals surface area contributed by atoms with Crippen molar-refractivity contribution in [1.82, 2.24) is 0 Å². The van der Waals surface area contributed by atoms with E-state index in [1.54, 1.807) is 10.7 Å². The van der Waals surface area contributed by atoms with Gasteiger partial charge in [0, 0.05) is 10.7 Å². The van der Waals surface area contributed by atoms with Crippen LogP contribution in [-0.2, 0) is 12.8 Å². The van der Waals surface area contributed by atoms with Crippen LogP contribution in [0.15, 0.2) is 36.4 Å². The molecule has 2 aromatic carbocycles. The van der Waals surface area contributed by atoms with Gasteiger partial charge in [0.2, 0.25) is 0 Å². The molecular formula is C26H34S2. The van der Waals surface area contributed by atoms with Gasteiger partial charge in [0.25, 0.3) is 0 Å². The van der Waals surface area contributed by atoms with Crippen molar-refractivity contribution in [3.63, 3.8) is 0 Å². The average Bonchev–Trinajstić information content (AvgIpc) is 2.74. The summed E-state index contributed by atoms with van der Waals surface area (Å²) in [5.41, 5.74) is 7.50. The minimum absolute atomic E-state index is 1.12. The molecule has 0 amide bonds. The number of thiocarbonyl (C=S) groups is 2. The molecule has 0 fully saturated rings. The van der Waals surface area contributed by atoms with Crippen molar-refractivity contribution in [3.05, 3.63) is 58.7 Å². The molecule has 28 heavy (non-hydrogen) atoms. The summed E-state index contributed by atoms with van der Waals surface area (Å²) >= 11 is 10.6. The highest BCUT2D eigenvalue weighted by Crippen LogP contribution is 2.29. The van der Waals surface area contributed by atoms with Crippen LogP contribution in [0.1, 0.15) is 87.5 Å². The van der Waals surface area contributed by atoms with Gasteiger partial charge < -0.3 is 0 Å². The Balaban J connectivity index is 2.29. The van der Waals surface area contributed by atoms with Gasteiger partial charge in [-0.25, -0.2) is 0 Å². The third-order valence-electron chi connectivity index (χ3n) is 5.42. The lowest BCUT2D eigenvalue weighted by molar-refractivity contribution is 0.666. The molecule has 0 N–H and O–H groups in total. The van der Waals surface area contributed by atoms with Gasteiger partial charge in [-0.2, -0.15) is 0 Å². The van der Waals surface area contributed by atoms with E-state index in [2.05, 4.69) is 50.2 Å². The number of rotatable bonds is 13. The summed E-state index contributed by atoms with van der Waals surface area (Å²) in [5.74, 6) is 0. The standard InChI is InChI=1S/C26H34S2/c1-3-5-7-9-11-21-13-15-23(19-27)25(17-21)26-18-22(12-10-8-6-4-2)14-16-24(26)20-28/h13-20H,3-12H2,1-2H3. The highest BCUT2D eigenvalue weighted by molar-refractivity contribution is 7.79. The van der Waals surface area contributed by atoms with Crippen molar-refractivity contribution < 1.29 is 0 Å². The van der Waals surface area contributed by atoms with Gasteiger partial charge in [0.1, 0.15) is 0 Å². The maximum Gasteiger partial charge on any atom is 0.00923 e. The number of aryl methyl sites for hydroxylation is 2. The predicted octanol–water partition coefficient (Wildman–Crippen LogP) is 8.29. The van der Waals surface area contributed by atoms with E-state index in [1.165, 1.54) is 73.6 Å². The first-order chi connectivity index (χ1) is 13.7. The largest absolute Gasteiger partial charge is 0.0881 e. The Morgan fingerprint density at radius 3 is 1.39 bits per heavy atom. The number of hydrogen-bond donors (Lipinski definition) is 0. The van der Waals surface area contributed by atoms with E-state index in [4.69, 9.17) is 24.4 Å². The third-order valence-corrected chi connectivity index (χ3v) is 5.93. The quantitative estimate of drug-likeness (QED) is 0.240. The van der Waals surface area contributed by atoms with Gasteiger partial charge in [-0.3, -0.25) is 0 Å². The lowest BCUT2D eigenvalue weighted by atomic mass is 9.91. The van der Waals surface area contributed by atoms with Crippen LogP contribution in [0.25, 0.3) is 11.1 Å². The van der Waals surface area contributed by atoms with Crippen LogP contribution >= 0.6 is 24.4 Å². The lowest BCUT2D eigenvalue weighted by Crippen LogP contribution is -1.97. The first-order valence-corrected chi connectivity index (χ1v) is 11.8. The molecule has 0 unspecified atom stereocenters. The van der Waals surface area contributed by atoms with E-state index in [1.807, 2.05) is 0 Å². The van der Waals surface area contributed by atoms with Gasteiger partial charge in [0.15, 0.2) is 0 Å². The highest BCUT2D eigenvalue weighted by atomic mass is 32.1.